The Hall–Kier alpha value is -1.62. The molecule has 1 aliphatic rings. The number of carbonyl (C=O) groups excluding carboxylic acids is 1. The van der Waals surface area contributed by atoms with Gasteiger partial charge in [0.25, 0.3) is 0 Å². The molecule has 3 N–H and O–H groups in total. The van der Waals surface area contributed by atoms with Crippen LogP contribution in [-0.4, -0.2) is 18.1 Å². The van der Waals surface area contributed by atoms with Gasteiger partial charge in [0.05, 0.1) is 12.1 Å². The Morgan fingerprint density at radius 3 is 2.70 bits per heavy atom. The Morgan fingerprint density at radius 2 is 2.10 bits per heavy atom. The van der Waals surface area contributed by atoms with Gasteiger partial charge in [-0.25, -0.2) is 4.39 Å². The van der Waals surface area contributed by atoms with Gasteiger partial charge < -0.3 is 15.8 Å². The van der Waals surface area contributed by atoms with E-state index in [1.54, 1.807) is 13.0 Å². The number of hydrogen-bond acceptors (Lipinski definition) is 3. The highest BCUT2D eigenvalue weighted by Gasteiger charge is 2.35. The maximum absolute atomic E-state index is 13.7. The molecule has 4 nitrogen and oxygen atoms in total. The molecule has 5 heteroatoms. The third kappa shape index (κ3) is 3.28. The lowest BCUT2D eigenvalue weighted by Crippen LogP contribution is -2.52. The molecule has 0 bridgehead atoms. The number of carbonyl (C=O) groups is 1. The lowest BCUT2D eigenvalue weighted by Gasteiger charge is -2.31. The third-order valence-electron chi connectivity index (χ3n) is 3.69. The van der Waals surface area contributed by atoms with Crippen LogP contribution in [-0.2, 0) is 4.79 Å². The number of rotatable bonds is 4. The van der Waals surface area contributed by atoms with E-state index in [0.717, 1.165) is 19.3 Å². The standard InChI is InChI=1S/C15H21FN2O2/c1-2-20-13-7-6-11(10-12(13)16)18-14(19)15(17)8-4-3-5-9-15/h6-7,10H,2-5,8-9,17H2,1H3,(H,18,19). The molecule has 0 radical (unpaired) electrons. The average Bonchev–Trinajstić information content (AvgIpc) is 2.43. The summed E-state index contributed by atoms with van der Waals surface area (Å²) >= 11 is 0. The van der Waals surface area contributed by atoms with Crippen LogP contribution >= 0.6 is 0 Å². The number of nitrogens with two attached hydrogens (primary N) is 1. The first-order chi connectivity index (χ1) is 9.55. The van der Waals surface area contributed by atoms with E-state index in [2.05, 4.69) is 5.32 Å². The molecule has 1 saturated carbocycles. The number of ether oxygens (including phenoxy) is 1. The average molecular weight is 280 g/mol. The van der Waals surface area contributed by atoms with Crippen molar-refractivity contribution in [3.63, 3.8) is 0 Å². The van der Waals surface area contributed by atoms with Crippen molar-refractivity contribution in [2.45, 2.75) is 44.6 Å². The quantitative estimate of drug-likeness (QED) is 0.891. The fourth-order valence-electron chi connectivity index (χ4n) is 2.52. The molecule has 0 aromatic heterocycles. The summed E-state index contributed by atoms with van der Waals surface area (Å²) in [5.74, 6) is -0.536. The van der Waals surface area contributed by atoms with E-state index in [9.17, 15) is 9.18 Å². The molecular formula is C15H21FN2O2. The first-order valence-electron chi connectivity index (χ1n) is 7.08. The molecule has 1 aromatic carbocycles. The number of amides is 1. The van der Waals surface area contributed by atoms with Gasteiger partial charge in [0, 0.05) is 11.8 Å². The van der Waals surface area contributed by atoms with Crippen LogP contribution in [0.4, 0.5) is 10.1 Å². The molecule has 2 rings (SSSR count). The van der Waals surface area contributed by atoms with Gasteiger partial charge in [-0.1, -0.05) is 19.3 Å². The molecular weight excluding hydrogens is 259 g/mol. The van der Waals surface area contributed by atoms with Crippen molar-refractivity contribution in [3.05, 3.63) is 24.0 Å². The zero-order valence-electron chi connectivity index (χ0n) is 11.7. The third-order valence-corrected chi connectivity index (χ3v) is 3.69. The van der Waals surface area contributed by atoms with Gasteiger partial charge in [-0.3, -0.25) is 4.79 Å². The Morgan fingerprint density at radius 1 is 1.40 bits per heavy atom. The van der Waals surface area contributed by atoms with E-state index in [0.29, 0.717) is 25.1 Å². The molecule has 0 spiro atoms. The van der Waals surface area contributed by atoms with Crippen molar-refractivity contribution in [3.8, 4) is 5.75 Å². The lowest BCUT2D eigenvalue weighted by molar-refractivity contribution is -0.122. The number of nitrogens with one attached hydrogen (secondary N) is 1. The minimum Gasteiger partial charge on any atom is -0.491 e. The van der Waals surface area contributed by atoms with Crippen molar-refractivity contribution >= 4 is 11.6 Å². The maximum Gasteiger partial charge on any atom is 0.244 e. The van der Waals surface area contributed by atoms with Crippen molar-refractivity contribution in [1.29, 1.82) is 0 Å². The van der Waals surface area contributed by atoms with Gasteiger partial charge in [0.15, 0.2) is 11.6 Å². The van der Waals surface area contributed by atoms with Crippen molar-refractivity contribution in [2.24, 2.45) is 5.73 Å². The summed E-state index contributed by atoms with van der Waals surface area (Å²) in [7, 11) is 0. The summed E-state index contributed by atoms with van der Waals surface area (Å²) < 4.78 is 18.8. The molecule has 110 valence electrons. The summed E-state index contributed by atoms with van der Waals surface area (Å²) in [6.45, 7) is 2.19. The Bertz CT molecular complexity index is 485. The summed E-state index contributed by atoms with van der Waals surface area (Å²) in [4.78, 5) is 12.2. The highest BCUT2D eigenvalue weighted by molar-refractivity contribution is 5.98. The molecule has 20 heavy (non-hydrogen) atoms. The van der Waals surface area contributed by atoms with Gasteiger partial charge in [-0.15, -0.1) is 0 Å². The molecule has 0 saturated heterocycles. The van der Waals surface area contributed by atoms with Crippen molar-refractivity contribution in [2.75, 3.05) is 11.9 Å². The number of halogens is 1. The molecule has 1 aromatic rings. The first kappa shape index (κ1) is 14.8. The van der Waals surface area contributed by atoms with Crippen LogP contribution < -0.4 is 15.8 Å². The van der Waals surface area contributed by atoms with Crippen LogP contribution in [0.5, 0.6) is 5.75 Å². The van der Waals surface area contributed by atoms with E-state index >= 15 is 0 Å². The highest BCUT2D eigenvalue weighted by Crippen LogP contribution is 2.28. The second-order valence-electron chi connectivity index (χ2n) is 5.25. The van der Waals surface area contributed by atoms with Gasteiger partial charge >= 0.3 is 0 Å². The monoisotopic (exact) mass is 280 g/mol. The summed E-state index contributed by atoms with van der Waals surface area (Å²) in [5.41, 5.74) is 5.72. The largest absolute Gasteiger partial charge is 0.491 e. The summed E-state index contributed by atoms with van der Waals surface area (Å²) in [5, 5.41) is 2.70. The minimum atomic E-state index is -0.826. The van der Waals surface area contributed by atoms with Crippen LogP contribution in [0.25, 0.3) is 0 Å². The molecule has 0 atom stereocenters. The SMILES string of the molecule is CCOc1ccc(NC(=O)C2(N)CCCCC2)cc1F. The van der Waals surface area contributed by atoms with Crippen molar-refractivity contribution < 1.29 is 13.9 Å². The normalized spacial score (nSPS) is 17.6. The molecule has 1 fully saturated rings. The molecule has 0 aliphatic heterocycles. The van der Waals surface area contributed by atoms with Crippen LogP contribution in [0, 0.1) is 5.82 Å². The zero-order valence-corrected chi connectivity index (χ0v) is 11.7. The number of hydrogen-bond donors (Lipinski definition) is 2. The van der Waals surface area contributed by atoms with Crippen LogP contribution in [0.2, 0.25) is 0 Å². The highest BCUT2D eigenvalue weighted by atomic mass is 19.1. The van der Waals surface area contributed by atoms with Crippen LogP contribution in [0.1, 0.15) is 39.0 Å². The summed E-state index contributed by atoms with van der Waals surface area (Å²) in [6, 6.07) is 4.39. The Balaban J connectivity index is 2.06. The Kier molecular flexibility index (Phi) is 4.60. The zero-order chi connectivity index (χ0) is 14.6. The van der Waals surface area contributed by atoms with Crippen LogP contribution in [0.3, 0.4) is 0 Å². The predicted octanol–water partition coefficient (Wildman–Crippen LogP) is 2.82. The van der Waals surface area contributed by atoms with Crippen molar-refractivity contribution in [1.82, 2.24) is 0 Å². The minimum absolute atomic E-state index is 0.186. The van der Waals surface area contributed by atoms with E-state index in [4.69, 9.17) is 10.5 Å². The Labute approximate surface area is 118 Å². The summed E-state index contributed by atoms with van der Waals surface area (Å²) in [6.07, 6.45) is 4.39. The molecule has 0 heterocycles. The van der Waals surface area contributed by atoms with E-state index in [-0.39, 0.29) is 11.7 Å². The predicted molar refractivity (Wildman–Crippen MR) is 76.2 cm³/mol. The van der Waals surface area contributed by atoms with Gasteiger partial charge in [-0.05, 0) is 31.9 Å². The maximum atomic E-state index is 13.7. The van der Waals surface area contributed by atoms with Gasteiger partial charge in [0.1, 0.15) is 0 Å². The van der Waals surface area contributed by atoms with Crippen LogP contribution in [0.15, 0.2) is 18.2 Å². The van der Waals surface area contributed by atoms with Gasteiger partial charge in [0.2, 0.25) is 5.91 Å². The number of benzene rings is 1. The van der Waals surface area contributed by atoms with E-state index in [1.165, 1.54) is 12.1 Å². The van der Waals surface area contributed by atoms with E-state index < -0.39 is 11.4 Å². The smallest absolute Gasteiger partial charge is 0.244 e. The molecule has 1 amide bonds. The second-order valence-corrected chi connectivity index (χ2v) is 5.25. The molecule has 1 aliphatic carbocycles. The fourth-order valence-corrected chi connectivity index (χ4v) is 2.52. The van der Waals surface area contributed by atoms with Gasteiger partial charge in [-0.2, -0.15) is 0 Å². The first-order valence-corrected chi connectivity index (χ1v) is 7.08. The topological polar surface area (TPSA) is 64.3 Å². The molecule has 0 unspecified atom stereocenters. The second kappa shape index (κ2) is 6.22. The number of anilines is 1. The van der Waals surface area contributed by atoms with E-state index in [1.807, 2.05) is 0 Å². The fraction of sp³-hybridized carbons (Fsp3) is 0.533. The lowest BCUT2D eigenvalue weighted by atomic mass is 9.82.